The summed E-state index contributed by atoms with van der Waals surface area (Å²) in [7, 11) is 0. The van der Waals surface area contributed by atoms with Gasteiger partial charge in [-0.2, -0.15) is 0 Å². The standard InChI is InChI=1S/C9H9N3O3/c1-5(9(14)15)6-3-2-4-7(13)8(6)11-12-10/h2-5,13H,1H3,(H,14,15). The Morgan fingerprint density at radius 2 is 2.27 bits per heavy atom. The van der Waals surface area contributed by atoms with Crippen LogP contribution in [-0.2, 0) is 4.79 Å². The molecule has 0 saturated heterocycles. The molecule has 0 saturated carbocycles. The zero-order valence-corrected chi connectivity index (χ0v) is 7.95. The van der Waals surface area contributed by atoms with Crippen molar-refractivity contribution in [3.63, 3.8) is 0 Å². The zero-order chi connectivity index (χ0) is 11.4. The molecule has 0 aliphatic heterocycles. The molecule has 0 aromatic heterocycles. The van der Waals surface area contributed by atoms with Crippen molar-refractivity contribution >= 4 is 11.7 Å². The van der Waals surface area contributed by atoms with Gasteiger partial charge in [0.15, 0.2) is 0 Å². The molecular weight excluding hydrogens is 198 g/mol. The summed E-state index contributed by atoms with van der Waals surface area (Å²) < 4.78 is 0. The third-order valence-electron chi connectivity index (χ3n) is 2.03. The minimum atomic E-state index is -1.05. The van der Waals surface area contributed by atoms with Gasteiger partial charge in [0.1, 0.15) is 5.75 Å². The number of carbonyl (C=O) groups is 1. The fourth-order valence-electron chi connectivity index (χ4n) is 1.18. The minimum absolute atomic E-state index is 0.0325. The number of carboxylic acids is 1. The molecule has 0 amide bonds. The van der Waals surface area contributed by atoms with Gasteiger partial charge in [0.2, 0.25) is 0 Å². The average molecular weight is 207 g/mol. The van der Waals surface area contributed by atoms with Crippen molar-refractivity contribution < 1.29 is 15.0 Å². The highest BCUT2D eigenvalue weighted by molar-refractivity contribution is 5.79. The lowest BCUT2D eigenvalue weighted by Gasteiger charge is -2.10. The van der Waals surface area contributed by atoms with E-state index in [1.54, 1.807) is 0 Å². The van der Waals surface area contributed by atoms with Crippen molar-refractivity contribution in [3.8, 4) is 5.75 Å². The number of aliphatic carboxylic acids is 1. The SMILES string of the molecule is CC(C(=O)O)c1cccc(O)c1N=[N+]=[N-]. The highest BCUT2D eigenvalue weighted by atomic mass is 16.4. The number of nitrogens with zero attached hydrogens (tertiary/aromatic N) is 3. The Morgan fingerprint density at radius 1 is 1.60 bits per heavy atom. The summed E-state index contributed by atoms with van der Waals surface area (Å²) in [4.78, 5) is 13.3. The second kappa shape index (κ2) is 4.34. The Bertz CT molecular complexity index is 438. The third kappa shape index (κ3) is 2.18. The van der Waals surface area contributed by atoms with Gasteiger partial charge in [-0.05, 0) is 24.1 Å². The molecule has 0 radical (unpaired) electrons. The molecule has 6 nitrogen and oxygen atoms in total. The first-order valence-electron chi connectivity index (χ1n) is 4.17. The van der Waals surface area contributed by atoms with Crippen LogP contribution in [0.1, 0.15) is 18.4 Å². The summed E-state index contributed by atoms with van der Waals surface area (Å²) in [5, 5.41) is 21.5. The Hall–Kier alpha value is -2.20. The number of azide groups is 1. The first kappa shape index (κ1) is 10.9. The summed E-state index contributed by atoms with van der Waals surface area (Å²) in [5.74, 6) is -2.11. The van der Waals surface area contributed by atoms with E-state index >= 15 is 0 Å². The normalized spacial score (nSPS) is 11.5. The van der Waals surface area contributed by atoms with Crippen LogP contribution in [0.25, 0.3) is 10.4 Å². The van der Waals surface area contributed by atoms with Crippen LogP contribution in [0.5, 0.6) is 5.75 Å². The quantitative estimate of drug-likeness (QED) is 0.451. The van der Waals surface area contributed by atoms with E-state index in [-0.39, 0.29) is 11.4 Å². The number of aromatic hydroxyl groups is 1. The van der Waals surface area contributed by atoms with Gasteiger partial charge in [0.05, 0.1) is 11.6 Å². The fourth-order valence-corrected chi connectivity index (χ4v) is 1.18. The van der Waals surface area contributed by atoms with E-state index in [1.807, 2.05) is 0 Å². The second-order valence-electron chi connectivity index (χ2n) is 2.96. The van der Waals surface area contributed by atoms with Crippen molar-refractivity contribution in [3.05, 3.63) is 34.2 Å². The fraction of sp³-hybridized carbons (Fsp3) is 0.222. The predicted molar refractivity (Wildman–Crippen MR) is 53.0 cm³/mol. The number of hydrogen-bond donors (Lipinski definition) is 2. The maximum Gasteiger partial charge on any atom is 0.310 e. The molecule has 1 unspecified atom stereocenters. The number of benzene rings is 1. The molecule has 0 aliphatic rings. The van der Waals surface area contributed by atoms with Crippen LogP contribution in [0.2, 0.25) is 0 Å². The number of hydrogen-bond acceptors (Lipinski definition) is 3. The molecule has 1 rings (SSSR count). The number of carboxylic acid groups (broad SMARTS) is 1. The van der Waals surface area contributed by atoms with Crippen molar-refractivity contribution in [1.29, 1.82) is 0 Å². The monoisotopic (exact) mass is 207 g/mol. The molecule has 1 aromatic rings. The van der Waals surface area contributed by atoms with Crippen LogP contribution in [0.3, 0.4) is 0 Å². The summed E-state index contributed by atoms with van der Waals surface area (Å²) in [5.41, 5.74) is 8.55. The van der Waals surface area contributed by atoms with E-state index in [9.17, 15) is 9.90 Å². The summed E-state index contributed by atoms with van der Waals surface area (Å²) in [6.07, 6.45) is 0. The van der Waals surface area contributed by atoms with Crippen molar-refractivity contribution in [2.24, 2.45) is 5.11 Å². The molecule has 1 aromatic carbocycles. The lowest BCUT2D eigenvalue weighted by atomic mass is 9.99. The van der Waals surface area contributed by atoms with E-state index in [0.29, 0.717) is 5.56 Å². The van der Waals surface area contributed by atoms with Crippen LogP contribution >= 0.6 is 0 Å². The molecule has 0 aliphatic carbocycles. The Kier molecular flexibility index (Phi) is 3.15. The molecule has 0 fully saturated rings. The number of phenols is 1. The van der Waals surface area contributed by atoms with Gasteiger partial charge in [-0.15, -0.1) is 0 Å². The lowest BCUT2D eigenvalue weighted by molar-refractivity contribution is -0.138. The van der Waals surface area contributed by atoms with Crippen molar-refractivity contribution in [2.45, 2.75) is 12.8 Å². The first-order valence-corrected chi connectivity index (χ1v) is 4.17. The zero-order valence-electron chi connectivity index (χ0n) is 7.95. The number of phenolic OH excluding ortho intramolecular Hbond substituents is 1. The average Bonchev–Trinajstić information content (AvgIpc) is 2.20. The van der Waals surface area contributed by atoms with Gasteiger partial charge < -0.3 is 10.2 Å². The van der Waals surface area contributed by atoms with Crippen LogP contribution in [-0.4, -0.2) is 16.2 Å². The maximum atomic E-state index is 10.8. The van der Waals surface area contributed by atoms with E-state index in [1.165, 1.54) is 25.1 Å². The van der Waals surface area contributed by atoms with Crippen LogP contribution in [0, 0.1) is 0 Å². The molecule has 1 atom stereocenters. The van der Waals surface area contributed by atoms with Gasteiger partial charge >= 0.3 is 5.97 Å². The van der Waals surface area contributed by atoms with Gasteiger partial charge in [0, 0.05) is 4.91 Å². The molecule has 0 heterocycles. The number of rotatable bonds is 3. The molecule has 2 N–H and O–H groups in total. The largest absolute Gasteiger partial charge is 0.507 e. The first-order chi connectivity index (χ1) is 7.07. The molecule has 0 bridgehead atoms. The molecule has 6 heteroatoms. The smallest absolute Gasteiger partial charge is 0.310 e. The molecular formula is C9H9N3O3. The van der Waals surface area contributed by atoms with E-state index in [4.69, 9.17) is 10.6 Å². The van der Waals surface area contributed by atoms with Crippen molar-refractivity contribution in [1.82, 2.24) is 0 Å². The predicted octanol–water partition coefficient (Wildman–Crippen LogP) is 2.52. The van der Waals surface area contributed by atoms with Crippen LogP contribution in [0.15, 0.2) is 23.3 Å². The third-order valence-corrected chi connectivity index (χ3v) is 2.03. The van der Waals surface area contributed by atoms with Gasteiger partial charge in [-0.1, -0.05) is 17.2 Å². The second-order valence-corrected chi connectivity index (χ2v) is 2.96. The Morgan fingerprint density at radius 3 is 2.80 bits per heavy atom. The summed E-state index contributed by atoms with van der Waals surface area (Å²) >= 11 is 0. The Balaban J connectivity index is 3.34. The highest BCUT2D eigenvalue weighted by Gasteiger charge is 2.18. The summed E-state index contributed by atoms with van der Waals surface area (Å²) in [6, 6.07) is 4.34. The van der Waals surface area contributed by atoms with Crippen LogP contribution in [0.4, 0.5) is 5.69 Å². The van der Waals surface area contributed by atoms with E-state index in [0.717, 1.165) is 0 Å². The van der Waals surface area contributed by atoms with Gasteiger partial charge in [-0.25, -0.2) is 0 Å². The summed E-state index contributed by atoms with van der Waals surface area (Å²) in [6.45, 7) is 1.45. The van der Waals surface area contributed by atoms with Crippen LogP contribution < -0.4 is 0 Å². The molecule has 15 heavy (non-hydrogen) atoms. The van der Waals surface area contributed by atoms with E-state index < -0.39 is 11.9 Å². The van der Waals surface area contributed by atoms with E-state index in [2.05, 4.69) is 10.0 Å². The highest BCUT2D eigenvalue weighted by Crippen LogP contribution is 2.35. The van der Waals surface area contributed by atoms with Gasteiger partial charge in [-0.3, -0.25) is 4.79 Å². The molecule has 78 valence electrons. The topological polar surface area (TPSA) is 106 Å². The minimum Gasteiger partial charge on any atom is -0.507 e. The Labute approximate surface area is 85.4 Å². The maximum absolute atomic E-state index is 10.8. The molecule has 0 spiro atoms. The van der Waals surface area contributed by atoms with Gasteiger partial charge in [0.25, 0.3) is 0 Å². The van der Waals surface area contributed by atoms with Crippen molar-refractivity contribution in [2.75, 3.05) is 0 Å². The lowest BCUT2D eigenvalue weighted by Crippen LogP contribution is -2.07.